The molecule has 88 valence electrons. The molecular formula is C11H11N3O3. The summed E-state index contributed by atoms with van der Waals surface area (Å²) in [5.41, 5.74) is 1.94. The maximum absolute atomic E-state index is 11.2. The quantitative estimate of drug-likeness (QED) is 0.776. The summed E-state index contributed by atoms with van der Waals surface area (Å²) in [6.07, 6.45) is -0.601. The van der Waals surface area contributed by atoms with Gasteiger partial charge in [-0.15, -0.1) is 0 Å². The van der Waals surface area contributed by atoms with Crippen LogP contribution in [0.3, 0.4) is 0 Å². The lowest BCUT2D eigenvalue weighted by Gasteiger charge is -1.97. The summed E-state index contributed by atoms with van der Waals surface area (Å²) in [7, 11) is 1.27. The normalized spacial score (nSPS) is 10.2. The molecular weight excluding hydrogens is 222 g/mol. The first-order valence-electron chi connectivity index (χ1n) is 4.96. The number of ketones is 1. The minimum atomic E-state index is -0.601. The standard InChI is InChI=1S/C11H11N3O3/c1-6(15)7-3-4-8-9(5-7)13-10(12-8)14-11(16)17-2/h3-5H,1-2H3,(H2,12,13,14,16). The lowest BCUT2D eigenvalue weighted by atomic mass is 10.1. The number of aromatic amines is 1. The monoisotopic (exact) mass is 233 g/mol. The number of aromatic nitrogens is 2. The SMILES string of the molecule is COC(=O)Nc1nc2ccc(C(C)=O)cc2[nH]1. The first kappa shape index (κ1) is 11.1. The minimum Gasteiger partial charge on any atom is -0.453 e. The Hall–Kier alpha value is -2.37. The predicted octanol–water partition coefficient (Wildman–Crippen LogP) is 1.94. The third-order valence-corrected chi connectivity index (χ3v) is 2.29. The van der Waals surface area contributed by atoms with E-state index in [1.165, 1.54) is 14.0 Å². The van der Waals surface area contributed by atoms with E-state index < -0.39 is 6.09 Å². The molecule has 0 saturated carbocycles. The van der Waals surface area contributed by atoms with Crippen LogP contribution in [-0.4, -0.2) is 29.0 Å². The van der Waals surface area contributed by atoms with Gasteiger partial charge in [-0.25, -0.2) is 9.78 Å². The van der Waals surface area contributed by atoms with Gasteiger partial charge in [0.15, 0.2) is 5.78 Å². The summed E-state index contributed by atoms with van der Waals surface area (Å²) in [6.45, 7) is 1.49. The van der Waals surface area contributed by atoms with Crippen molar-refractivity contribution in [2.24, 2.45) is 0 Å². The highest BCUT2D eigenvalue weighted by molar-refractivity contribution is 5.97. The number of hydrogen-bond donors (Lipinski definition) is 2. The van der Waals surface area contributed by atoms with Crippen molar-refractivity contribution >= 4 is 28.9 Å². The summed E-state index contributed by atoms with van der Waals surface area (Å²) in [4.78, 5) is 29.2. The second-order valence-corrected chi connectivity index (χ2v) is 3.49. The largest absolute Gasteiger partial charge is 0.453 e. The van der Waals surface area contributed by atoms with Crippen molar-refractivity contribution in [3.63, 3.8) is 0 Å². The molecule has 1 aromatic heterocycles. The van der Waals surface area contributed by atoms with Gasteiger partial charge in [0.05, 0.1) is 18.1 Å². The van der Waals surface area contributed by atoms with Crippen LogP contribution in [0.2, 0.25) is 0 Å². The minimum absolute atomic E-state index is 0.0241. The Morgan fingerprint density at radius 3 is 2.82 bits per heavy atom. The summed E-state index contributed by atoms with van der Waals surface area (Å²) in [6, 6.07) is 5.09. The molecule has 0 aliphatic rings. The number of Topliss-reactive ketones (excluding diaryl/α,β-unsaturated/α-hetero) is 1. The van der Waals surface area contributed by atoms with Gasteiger partial charge >= 0.3 is 6.09 Å². The number of carbonyl (C=O) groups excluding carboxylic acids is 2. The van der Waals surface area contributed by atoms with Crippen molar-refractivity contribution in [2.45, 2.75) is 6.92 Å². The first-order chi connectivity index (χ1) is 8.10. The molecule has 0 atom stereocenters. The molecule has 1 heterocycles. The van der Waals surface area contributed by atoms with E-state index >= 15 is 0 Å². The second-order valence-electron chi connectivity index (χ2n) is 3.49. The van der Waals surface area contributed by atoms with Crippen molar-refractivity contribution in [1.82, 2.24) is 9.97 Å². The summed E-state index contributed by atoms with van der Waals surface area (Å²) < 4.78 is 4.45. The number of methoxy groups -OCH3 is 1. The van der Waals surface area contributed by atoms with E-state index in [2.05, 4.69) is 20.0 Å². The van der Waals surface area contributed by atoms with Gasteiger partial charge in [0.1, 0.15) is 0 Å². The smallest absolute Gasteiger partial charge is 0.413 e. The van der Waals surface area contributed by atoms with Crippen LogP contribution in [0.4, 0.5) is 10.7 Å². The molecule has 6 heteroatoms. The van der Waals surface area contributed by atoms with E-state index in [0.29, 0.717) is 16.6 Å². The van der Waals surface area contributed by atoms with Gasteiger partial charge in [-0.1, -0.05) is 0 Å². The summed E-state index contributed by atoms with van der Waals surface area (Å²) in [5, 5.41) is 2.42. The van der Waals surface area contributed by atoms with E-state index in [-0.39, 0.29) is 11.7 Å². The fourth-order valence-corrected chi connectivity index (χ4v) is 1.44. The van der Waals surface area contributed by atoms with Gasteiger partial charge in [-0.3, -0.25) is 10.1 Å². The molecule has 0 aliphatic heterocycles. The second kappa shape index (κ2) is 4.25. The molecule has 0 bridgehead atoms. The van der Waals surface area contributed by atoms with E-state index in [0.717, 1.165) is 0 Å². The number of imidazole rings is 1. The fourth-order valence-electron chi connectivity index (χ4n) is 1.44. The predicted molar refractivity (Wildman–Crippen MR) is 62.1 cm³/mol. The zero-order valence-corrected chi connectivity index (χ0v) is 9.40. The number of nitrogens with zero attached hydrogens (tertiary/aromatic N) is 1. The molecule has 2 rings (SSSR count). The van der Waals surface area contributed by atoms with E-state index in [9.17, 15) is 9.59 Å². The van der Waals surface area contributed by atoms with Gasteiger partial charge < -0.3 is 9.72 Å². The third-order valence-electron chi connectivity index (χ3n) is 2.29. The van der Waals surface area contributed by atoms with Gasteiger partial charge in [0.25, 0.3) is 0 Å². The Morgan fingerprint density at radius 1 is 1.41 bits per heavy atom. The van der Waals surface area contributed by atoms with Gasteiger partial charge in [-0.2, -0.15) is 0 Å². The molecule has 0 spiro atoms. The Bertz CT molecular complexity index is 589. The maximum atomic E-state index is 11.2. The zero-order chi connectivity index (χ0) is 12.4. The molecule has 1 aromatic carbocycles. The summed E-state index contributed by atoms with van der Waals surface area (Å²) >= 11 is 0. The molecule has 17 heavy (non-hydrogen) atoms. The van der Waals surface area contributed by atoms with Crippen molar-refractivity contribution in [3.05, 3.63) is 23.8 Å². The van der Waals surface area contributed by atoms with Gasteiger partial charge in [-0.05, 0) is 25.1 Å². The first-order valence-corrected chi connectivity index (χ1v) is 4.96. The number of carbonyl (C=O) groups is 2. The number of ether oxygens (including phenoxy) is 1. The molecule has 0 aliphatic carbocycles. The number of H-pyrrole nitrogens is 1. The van der Waals surface area contributed by atoms with Crippen molar-refractivity contribution in [2.75, 3.05) is 12.4 Å². The highest BCUT2D eigenvalue weighted by atomic mass is 16.5. The molecule has 2 N–H and O–H groups in total. The van der Waals surface area contributed by atoms with Crippen LogP contribution in [0.15, 0.2) is 18.2 Å². The van der Waals surface area contributed by atoms with Crippen LogP contribution in [0.5, 0.6) is 0 Å². The molecule has 0 radical (unpaired) electrons. The Kier molecular flexibility index (Phi) is 2.78. The van der Waals surface area contributed by atoms with Gasteiger partial charge in [0, 0.05) is 5.56 Å². The molecule has 0 saturated heterocycles. The third kappa shape index (κ3) is 2.25. The maximum Gasteiger partial charge on any atom is 0.413 e. The van der Waals surface area contributed by atoms with Crippen molar-refractivity contribution in [3.8, 4) is 0 Å². The van der Waals surface area contributed by atoms with Crippen molar-refractivity contribution < 1.29 is 14.3 Å². The Morgan fingerprint density at radius 2 is 2.18 bits per heavy atom. The highest BCUT2D eigenvalue weighted by Crippen LogP contribution is 2.16. The number of benzene rings is 1. The summed E-state index contributed by atoms with van der Waals surface area (Å²) in [5.74, 6) is 0.261. The van der Waals surface area contributed by atoms with Crippen LogP contribution >= 0.6 is 0 Å². The fraction of sp³-hybridized carbons (Fsp3) is 0.182. The van der Waals surface area contributed by atoms with Crippen LogP contribution < -0.4 is 5.32 Å². The number of hydrogen-bond acceptors (Lipinski definition) is 4. The average Bonchev–Trinajstić information content (AvgIpc) is 2.69. The van der Waals surface area contributed by atoms with Crippen LogP contribution in [0.25, 0.3) is 11.0 Å². The van der Waals surface area contributed by atoms with Gasteiger partial charge in [0.2, 0.25) is 5.95 Å². The molecule has 6 nitrogen and oxygen atoms in total. The molecule has 2 aromatic rings. The topological polar surface area (TPSA) is 84.1 Å². The number of nitrogens with one attached hydrogen (secondary N) is 2. The number of rotatable bonds is 2. The number of amides is 1. The average molecular weight is 233 g/mol. The molecule has 0 unspecified atom stereocenters. The number of fused-ring (bicyclic) bond motifs is 1. The van der Waals surface area contributed by atoms with E-state index in [1.54, 1.807) is 18.2 Å². The molecule has 0 fully saturated rings. The zero-order valence-electron chi connectivity index (χ0n) is 9.40. The van der Waals surface area contributed by atoms with E-state index in [1.807, 2.05) is 0 Å². The highest BCUT2D eigenvalue weighted by Gasteiger charge is 2.08. The Balaban J connectivity index is 2.37. The molecule has 1 amide bonds. The lowest BCUT2D eigenvalue weighted by molar-refractivity contribution is 0.101. The van der Waals surface area contributed by atoms with E-state index in [4.69, 9.17) is 0 Å². The Labute approximate surface area is 97.0 Å². The van der Waals surface area contributed by atoms with Crippen LogP contribution in [-0.2, 0) is 4.74 Å². The number of anilines is 1. The van der Waals surface area contributed by atoms with Crippen molar-refractivity contribution in [1.29, 1.82) is 0 Å². The van der Waals surface area contributed by atoms with Crippen LogP contribution in [0, 0.1) is 0 Å². The lowest BCUT2D eigenvalue weighted by Crippen LogP contribution is -2.11. The van der Waals surface area contributed by atoms with Crippen LogP contribution in [0.1, 0.15) is 17.3 Å².